The molecule has 1 N–H and O–H groups in total. The Morgan fingerprint density at radius 2 is 1.24 bits per heavy atom. The van der Waals surface area contributed by atoms with E-state index >= 15 is 0 Å². The molecule has 1 nitrogen and oxygen atoms in total. The minimum absolute atomic E-state index is 0.0845. The Hall–Kier alpha value is -4.14. The fourth-order valence-corrected chi connectivity index (χ4v) is 7.21. The van der Waals surface area contributed by atoms with Gasteiger partial charge in [-0.25, -0.2) is 0 Å². The van der Waals surface area contributed by atoms with Crippen LogP contribution < -0.4 is 5.32 Å². The molecule has 1 heterocycles. The van der Waals surface area contributed by atoms with Crippen LogP contribution in [0.25, 0.3) is 52.8 Å². The highest BCUT2D eigenvalue weighted by Gasteiger charge is 2.21. The second-order valence-corrected chi connectivity index (χ2v) is 12.1. The summed E-state index contributed by atoms with van der Waals surface area (Å²) in [6.45, 7) is 6.92. The van der Waals surface area contributed by atoms with E-state index in [4.69, 9.17) is 0 Å². The zero-order chi connectivity index (χ0) is 25.9. The second-order valence-electron chi connectivity index (χ2n) is 11.1. The number of thiophene rings is 1. The molecule has 0 saturated heterocycles. The van der Waals surface area contributed by atoms with Gasteiger partial charge in [0.25, 0.3) is 0 Å². The van der Waals surface area contributed by atoms with Gasteiger partial charge in [0.2, 0.25) is 0 Å². The molecule has 0 radical (unpaired) electrons. The molecule has 2 heteroatoms. The number of fused-ring (bicyclic) bond motifs is 6. The summed E-state index contributed by atoms with van der Waals surface area (Å²) in [5, 5.41) is 11.6. The summed E-state index contributed by atoms with van der Waals surface area (Å²) >= 11 is 1.91. The topological polar surface area (TPSA) is 12.0 Å². The Kier molecular flexibility index (Phi) is 5.28. The van der Waals surface area contributed by atoms with E-state index in [0.717, 1.165) is 11.4 Å². The minimum Gasteiger partial charge on any atom is -0.354 e. The molecular formula is C36H29NS. The van der Waals surface area contributed by atoms with E-state index < -0.39 is 0 Å². The molecule has 1 aromatic heterocycles. The Morgan fingerprint density at radius 3 is 2.03 bits per heavy atom. The molecule has 7 aromatic rings. The van der Waals surface area contributed by atoms with Crippen LogP contribution in [0.1, 0.15) is 26.3 Å². The van der Waals surface area contributed by atoms with Gasteiger partial charge < -0.3 is 5.32 Å². The van der Waals surface area contributed by atoms with E-state index in [9.17, 15) is 0 Å². The highest BCUT2D eigenvalue weighted by molar-refractivity contribution is 7.26. The maximum Gasteiger partial charge on any atom is 0.0597 e. The Balaban J connectivity index is 1.37. The first-order chi connectivity index (χ1) is 18.5. The van der Waals surface area contributed by atoms with Gasteiger partial charge in [-0.1, -0.05) is 118 Å². The molecule has 7 rings (SSSR count). The zero-order valence-electron chi connectivity index (χ0n) is 21.9. The summed E-state index contributed by atoms with van der Waals surface area (Å²) in [7, 11) is 0. The third-order valence-corrected chi connectivity index (χ3v) is 8.83. The molecule has 0 fully saturated rings. The first-order valence-corrected chi connectivity index (χ1v) is 14.0. The van der Waals surface area contributed by atoms with Crippen molar-refractivity contribution in [2.45, 2.75) is 26.2 Å². The lowest BCUT2D eigenvalue weighted by atomic mass is 9.86. The molecule has 0 aliphatic rings. The average molecular weight is 508 g/mol. The van der Waals surface area contributed by atoms with Gasteiger partial charge in [-0.05, 0) is 61.8 Å². The standard InChI is InChI=1S/C36H29NS/c1-36(2,3)31-17-9-16-30-33-29-14-7-5-11-25(29)22-32(35(33)38-34(30)31)37-26-20-18-24(19-21-26)28-15-8-12-23-10-4-6-13-27(23)28/h4-22,37H,1-3H3. The highest BCUT2D eigenvalue weighted by atomic mass is 32.1. The van der Waals surface area contributed by atoms with Gasteiger partial charge in [-0.3, -0.25) is 0 Å². The fraction of sp³-hybridized carbons (Fsp3) is 0.111. The van der Waals surface area contributed by atoms with Crippen LogP contribution in [0, 0.1) is 0 Å². The molecule has 0 aliphatic heterocycles. The van der Waals surface area contributed by atoms with E-state index in [-0.39, 0.29) is 5.41 Å². The van der Waals surface area contributed by atoms with Crippen molar-refractivity contribution >= 4 is 64.4 Å². The smallest absolute Gasteiger partial charge is 0.0597 e. The van der Waals surface area contributed by atoms with Crippen LogP contribution >= 0.6 is 11.3 Å². The van der Waals surface area contributed by atoms with Gasteiger partial charge >= 0.3 is 0 Å². The van der Waals surface area contributed by atoms with Gasteiger partial charge in [0.05, 0.1) is 10.4 Å². The van der Waals surface area contributed by atoms with Crippen LogP contribution in [0.5, 0.6) is 0 Å². The van der Waals surface area contributed by atoms with Gasteiger partial charge in [0.1, 0.15) is 0 Å². The fourth-order valence-electron chi connectivity index (χ4n) is 5.70. The van der Waals surface area contributed by atoms with E-state index in [2.05, 4.69) is 141 Å². The summed E-state index contributed by atoms with van der Waals surface area (Å²) in [5.41, 5.74) is 6.25. The van der Waals surface area contributed by atoms with Crippen molar-refractivity contribution in [3.8, 4) is 11.1 Å². The third-order valence-electron chi connectivity index (χ3n) is 7.56. The molecule has 6 aromatic carbocycles. The first-order valence-electron chi connectivity index (χ1n) is 13.2. The predicted molar refractivity (Wildman–Crippen MR) is 168 cm³/mol. The zero-order valence-corrected chi connectivity index (χ0v) is 22.7. The molecular weight excluding hydrogens is 478 g/mol. The lowest BCUT2D eigenvalue weighted by Gasteiger charge is -2.19. The lowest BCUT2D eigenvalue weighted by molar-refractivity contribution is 0.597. The van der Waals surface area contributed by atoms with Crippen molar-refractivity contribution < 1.29 is 0 Å². The van der Waals surface area contributed by atoms with Crippen LogP contribution in [0.3, 0.4) is 0 Å². The number of hydrogen-bond donors (Lipinski definition) is 1. The van der Waals surface area contributed by atoms with E-state index in [1.54, 1.807) is 0 Å². The van der Waals surface area contributed by atoms with E-state index in [1.807, 2.05) is 11.3 Å². The largest absolute Gasteiger partial charge is 0.354 e. The molecule has 0 amide bonds. The highest BCUT2D eigenvalue weighted by Crippen LogP contribution is 2.46. The average Bonchev–Trinajstić information content (AvgIpc) is 3.33. The number of benzene rings is 6. The van der Waals surface area contributed by atoms with Crippen molar-refractivity contribution in [2.75, 3.05) is 5.32 Å². The Bertz CT molecular complexity index is 1960. The molecule has 0 unspecified atom stereocenters. The minimum atomic E-state index is 0.0845. The van der Waals surface area contributed by atoms with Crippen molar-refractivity contribution in [1.29, 1.82) is 0 Å². The maximum atomic E-state index is 3.78. The number of anilines is 2. The van der Waals surface area contributed by atoms with Crippen LogP contribution in [0.4, 0.5) is 11.4 Å². The van der Waals surface area contributed by atoms with Gasteiger partial charge in [0.15, 0.2) is 0 Å². The van der Waals surface area contributed by atoms with Crippen molar-refractivity contribution in [3.63, 3.8) is 0 Å². The second kappa shape index (κ2) is 8.72. The molecule has 0 spiro atoms. The van der Waals surface area contributed by atoms with Crippen molar-refractivity contribution in [3.05, 3.63) is 121 Å². The van der Waals surface area contributed by atoms with E-state index in [0.29, 0.717) is 0 Å². The molecule has 0 bridgehead atoms. The van der Waals surface area contributed by atoms with Crippen molar-refractivity contribution in [2.24, 2.45) is 0 Å². The molecule has 0 saturated carbocycles. The summed E-state index contributed by atoms with van der Waals surface area (Å²) in [6.07, 6.45) is 0. The SMILES string of the molecule is CC(C)(C)c1cccc2c1sc1c(Nc3ccc(-c4cccc5ccccc45)cc3)cc3ccccc3c12. The summed E-state index contributed by atoms with van der Waals surface area (Å²) in [4.78, 5) is 0. The quantitative estimate of drug-likeness (QED) is 0.251. The van der Waals surface area contributed by atoms with Crippen LogP contribution in [0.2, 0.25) is 0 Å². The van der Waals surface area contributed by atoms with Crippen LogP contribution in [-0.2, 0) is 5.41 Å². The molecule has 184 valence electrons. The Labute approximate surface area is 227 Å². The first kappa shape index (κ1) is 23.0. The number of hydrogen-bond acceptors (Lipinski definition) is 2. The van der Waals surface area contributed by atoms with Crippen LogP contribution in [-0.4, -0.2) is 0 Å². The van der Waals surface area contributed by atoms with Gasteiger partial charge in [0, 0.05) is 21.2 Å². The summed E-state index contributed by atoms with van der Waals surface area (Å²) in [6, 6.07) is 41.8. The maximum absolute atomic E-state index is 3.78. The number of nitrogens with one attached hydrogen (secondary N) is 1. The normalized spacial score (nSPS) is 12.1. The summed E-state index contributed by atoms with van der Waals surface area (Å²) < 4.78 is 2.70. The number of rotatable bonds is 3. The van der Waals surface area contributed by atoms with Gasteiger partial charge in [-0.15, -0.1) is 11.3 Å². The molecule has 0 aliphatic carbocycles. The monoisotopic (exact) mass is 507 g/mol. The summed E-state index contributed by atoms with van der Waals surface area (Å²) in [5.74, 6) is 0. The predicted octanol–water partition coefficient (Wildman–Crippen LogP) is 11.1. The Morgan fingerprint density at radius 1 is 0.579 bits per heavy atom. The third kappa shape index (κ3) is 3.76. The molecule has 38 heavy (non-hydrogen) atoms. The lowest BCUT2D eigenvalue weighted by Crippen LogP contribution is -2.10. The molecule has 0 atom stereocenters. The van der Waals surface area contributed by atoms with Gasteiger partial charge in [-0.2, -0.15) is 0 Å². The van der Waals surface area contributed by atoms with E-state index in [1.165, 1.54) is 58.4 Å². The van der Waals surface area contributed by atoms with Crippen LogP contribution in [0.15, 0.2) is 115 Å². The van der Waals surface area contributed by atoms with Crippen molar-refractivity contribution in [1.82, 2.24) is 0 Å².